The Morgan fingerprint density at radius 1 is 1.53 bits per heavy atom. The zero-order chi connectivity index (χ0) is 12.1. The van der Waals surface area contributed by atoms with E-state index < -0.39 is 0 Å². The van der Waals surface area contributed by atoms with Crippen LogP contribution in [0.1, 0.15) is 25.5 Å². The molecule has 2 N–H and O–H groups in total. The van der Waals surface area contributed by atoms with E-state index in [2.05, 4.69) is 22.2 Å². The normalized spacial score (nSPS) is 17.6. The van der Waals surface area contributed by atoms with Gasteiger partial charge in [-0.25, -0.2) is 4.98 Å². The summed E-state index contributed by atoms with van der Waals surface area (Å²) in [7, 11) is 0. The van der Waals surface area contributed by atoms with Gasteiger partial charge in [-0.15, -0.1) is 11.3 Å². The number of piperidine rings is 1. The van der Waals surface area contributed by atoms with E-state index >= 15 is 0 Å². The van der Waals surface area contributed by atoms with E-state index in [1.807, 2.05) is 0 Å². The van der Waals surface area contributed by atoms with Crippen molar-refractivity contribution in [3.05, 3.63) is 11.1 Å². The predicted octanol–water partition coefficient (Wildman–Crippen LogP) is 1.65. The van der Waals surface area contributed by atoms with Gasteiger partial charge in [0.05, 0.1) is 18.4 Å². The summed E-state index contributed by atoms with van der Waals surface area (Å²) in [6.07, 6.45) is 3.58. The lowest BCUT2D eigenvalue weighted by molar-refractivity contribution is 0.0422. The molecular formula is C12H21N3OS. The van der Waals surface area contributed by atoms with Gasteiger partial charge in [-0.3, -0.25) is 0 Å². The zero-order valence-electron chi connectivity index (χ0n) is 10.4. The third kappa shape index (κ3) is 3.40. The number of ether oxygens (including phenoxy) is 1. The Morgan fingerprint density at radius 3 is 2.88 bits per heavy atom. The molecule has 5 heteroatoms. The quantitative estimate of drug-likeness (QED) is 0.869. The Kier molecular flexibility index (Phi) is 4.76. The molecule has 2 rings (SSSR count). The first-order valence-electron chi connectivity index (χ1n) is 6.34. The van der Waals surface area contributed by atoms with Crippen LogP contribution in [0.2, 0.25) is 0 Å². The summed E-state index contributed by atoms with van der Waals surface area (Å²) in [4.78, 5) is 6.99. The van der Waals surface area contributed by atoms with Crippen molar-refractivity contribution in [2.24, 2.45) is 5.73 Å². The van der Waals surface area contributed by atoms with Gasteiger partial charge < -0.3 is 15.4 Å². The van der Waals surface area contributed by atoms with Crippen molar-refractivity contribution in [1.29, 1.82) is 0 Å². The number of rotatable bonds is 5. The highest BCUT2D eigenvalue weighted by molar-refractivity contribution is 7.13. The summed E-state index contributed by atoms with van der Waals surface area (Å²) in [6.45, 7) is 5.54. The number of nitrogens with two attached hydrogens (primary N) is 1. The molecule has 1 aromatic heterocycles. The van der Waals surface area contributed by atoms with E-state index in [1.165, 1.54) is 10.8 Å². The lowest BCUT2D eigenvalue weighted by Gasteiger charge is -2.31. The van der Waals surface area contributed by atoms with E-state index in [0.717, 1.165) is 32.4 Å². The third-order valence-corrected chi connectivity index (χ3v) is 4.04. The molecule has 0 amide bonds. The van der Waals surface area contributed by atoms with Crippen molar-refractivity contribution in [3.63, 3.8) is 0 Å². The maximum Gasteiger partial charge on any atom is 0.185 e. The Balaban J connectivity index is 1.82. The Hall–Kier alpha value is -0.650. The van der Waals surface area contributed by atoms with Crippen molar-refractivity contribution in [2.75, 3.05) is 31.1 Å². The van der Waals surface area contributed by atoms with Gasteiger partial charge in [0.15, 0.2) is 5.13 Å². The van der Waals surface area contributed by atoms with Crippen LogP contribution < -0.4 is 10.6 Å². The van der Waals surface area contributed by atoms with Gasteiger partial charge in [0, 0.05) is 25.0 Å². The molecule has 1 aliphatic heterocycles. The number of thiazole rings is 1. The number of aryl methyl sites for hydroxylation is 1. The summed E-state index contributed by atoms with van der Waals surface area (Å²) < 4.78 is 5.67. The highest BCUT2D eigenvalue weighted by Crippen LogP contribution is 2.25. The van der Waals surface area contributed by atoms with Gasteiger partial charge in [-0.2, -0.15) is 0 Å². The molecule has 0 aliphatic carbocycles. The molecule has 0 bridgehead atoms. The van der Waals surface area contributed by atoms with Gasteiger partial charge in [0.25, 0.3) is 0 Å². The van der Waals surface area contributed by atoms with Crippen molar-refractivity contribution in [1.82, 2.24) is 4.98 Å². The summed E-state index contributed by atoms with van der Waals surface area (Å²) in [5.41, 5.74) is 6.64. The second-order valence-electron chi connectivity index (χ2n) is 4.32. The molecule has 0 atom stereocenters. The second-order valence-corrected chi connectivity index (χ2v) is 5.16. The molecule has 0 aromatic carbocycles. The minimum Gasteiger partial charge on any atom is -0.377 e. The summed E-state index contributed by atoms with van der Waals surface area (Å²) >= 11 is 1.75. The van der Waals surface area contributed by atoms with Gasteiger partial charge in [0.1, 0.15) is 0 Å². The minimum atomic E-state index is 0.389. The van der Waals surface area contributed by atoms with Crippen LogP contribution in [0, 0.1) is 0 Å². The lowest BCUT2D eigenvalue weighted by Crippen LogP contribution is -2.37. The van der Waals surface area contributed by atoms with Crippen LogP contribution in [0.25, 0.3) is 0 Å². The summed E-state index contributed by atoms with van der Waals surface area (Å²) in [5, 5.41) is 3.32. The van der Waals surface area contributed by atoms with Gasteiger partial charge in [-0.1, -0.05) is 6.92 Å². The number of hydrogen-bond acceptors (Lipinski definition) is 5. The maximum absolute atomic E-state index is 5.67. The van der Waals surface area contributed by atoms with Crippen LogP contribution in [0.5, 0.6) is 0 Å². The van der Waals surface area contributed by atoms with E-state index in [9.17, 15) is 0 Å². The topological polar surface area (TPSA) is 51.4 Å². The first-order valence-corrected chi connectivity index (χ1v) is 7.22. The van der Waals surface area contributed by atoms with Crippen LogP contribution in [-0.4, -0.2) is 37.3 Å². The molecule has 1 aromatic rings. The highest BCUT2D eigenvalue weighted by Gasteiger charge is 2.21. The molecule has 0 radical (unpaired) electrons. The van der Waals surface area contributed by atoms with Crippen LogP contribution in [0.15, 0.2) is 5.38 Å². The summed E-state index contributed by atoms with van der Waals surface area (Å²) in [6, 6.07) is 0. The smallest absolute Gasteiger partial charge is 0.185 e. The molecule has 96 valence electrons. The predicted molar refractivity (Wildman–Crippen MR) is 71.7 cm³/mol. The van der Waals surface area contributed by atoms with Gasteiger partial charge >= 0.3 is 0 Å². The van der Waals surface area contributed by atoms with E-state index in [4.69, 9.17) is 10.5 Å². The molecule has 0 spiro atoms. The van der Waals surface area contributed by atoms with E-state index in [-0.39, 0.29) is 0 Å². The fourth-order valence-electron chi connectivity index (χ4n) is 2.05. The second kappa shape index (κ2) is 6.33. The standard InChI is InChI=1S/C12H21N3OS/c1-2-10-9-17-12(14-10)15-6-3-11(4-7-15)16-8-5-13/h9,11H,2-8,13H2,1H3. The number of anilines is 1. The number of nitrogens with zero attached hydrogens (tertiary/aromatic N) is 2. The van der Waals surface area contributed by atoms with Crippen LogP contribution >= 0.6 is 11.3 Å². The molecule has 0 unspecified atom stereocenters. The average molecular weight is 255 g/mol. The summed E-state index contributed by atoms with van der Waals surface area (Å²) in [5.74, 6) is 0. The van der Waals surface area contributed by atoms with Crippen molar-refractivity contribution >= 4 is 16.5 Å². The van der Waals surface area contributed by atoms with Crippen molar-refractivity contribution in [2.45, 2.75) is 32.3 Å². The Morgan fingerprint density at radius 2 is 2.29 bits per heavy atom. The molecule has 1 aliphatic rings. The molecule has 1 fully saturated rings. The van der Waals surface area contributed by atoms with Gasteiger partial charge in [0.2, 0.25) is 0 Å². The lowest BCUT2D eigenvalue weighted by atomic mass is 10.1. The van der Waals surface area contributed by atoms with E-state index in [0.29, 0.717) is 19.3 Å². The number of hydrogen-bond donors (Lipinski definition) is 1. The molecule has 2 heterocycles. The minimum absolute atomic E-state index is 0.389. The van der Waals surface area contributed by atoms with Crippen LogP contribution in [-0.2, 0) is 11.2 Å². The monoisotopic (exact) mass is 255 g/mol. The maximum atomic E-state index is 5.67. The fourth-order valence-corrected chi connectivity index (χ4v) is 3.01. The fraction of sp³-hybridized carbons (Fsp3) is 0.750. The molecular weight excluding hydrogens is 234 g/mol. The highest BCUT2D eigenvalue weighted by atomic mass is 32.1. The first kappa shape index (κ1) is 12.8. The Labute approximate surface area is 107 Å². The number of aromatic nitrogens is 1. The van der Waals surface area contributed by atoms with Crippen molar-refractivity contribution in [3.8, 4) is 0 Å². The SMILES string of the molecule is CCc1csc(N2CCC(OCCN)CC2)n1. The Bertz CT molecular complexity index is 334. The largest absolute Gasteiger partial charge is 0.377 e. The zero-order valence-corrected chi connectivity index (χ0v) is 11.2. The average Bonchev–Trinajstić information content (AvgIpc) is 2.86. The third-order valence-electron chi connectivity index (χ3n) is 3.09. The van der Waals surface area contributed by atoms with Crippen LogP contribution in [0.3, 0.4) is 0 Å². The van der Waals surface area contributed by atoms with Crippen molar-refractivity contribution < 1.29 is 4.74 Å². The molecule has 1 saturated heterocycles. The molecule has 4 nitrogen and oxygen atoms in total. The van der Waals surface area contributed by atoms with Crippen LogP contribution in [0.4, 0.5) is 5.13 Å². The van der Waals surface area contributed by atoms with Gasteiger partial charge in [-0.05, 0) is 19.3 Å². The first-order chi connectivity index (χ1) is 8.33. The van der Waals surface area contributed by atoms with E-state index in [1.54, 1.807) is 11.3 Å². The molecule has 17 heavy (non-hydrogen) atoms. The molecule has 0 saturated carbocycles.